The zero-order valence-corrected chi connectivity index (χ0v) is 13.0. The fourth-order valence-corrected chi connectivity index (χ4v) is 1.93. The van der Waals surface area contributed by atoms with Crippen molar-refractivity contribution in [1.82, 2.24) is 10.2 Å². The molecule has 1 rings (SSSR count). The summed E-state index contributed by atoms with van der Waals surface area (Å²) >= 11 is 0. The summed E-state index contributed by atoms with van der Waals surface area (Å²) in [6, 6.07) is 3.50. The minimum absolute atomic E-state index is 0.00349. The van der Waals surface area contributed by atoms with Gasteiger partial charge in [0.1, 0.15) is 0 Å². The van der Waals surface area contributed by atoms with Crippen molar-refractivity contribution in [2.75, 3.05) is 13.6 Å². The maximum atomic E-state index is 12.7. The molecule has 128 valence electrons. The van der Waals surface area contributed by atoms with Gasteiger partial charge in [-0.1, -0.05) is 19.1 Å². The van der Waals surface area contributed by atoms with E-state index in [0.29, 0.717) is 5.56 Å². The maximum Gasteiger partial charge on any atom is 0.416 e. The number of urea groups is 1. The molecule has 2 amide bonds. The molecule has 0 aromatic heterocycles. The second kappa shape index (κ2) is 7.34. The van der Waals surface area contributed by atoms with Gasteiger partial charge in [-0.3, -0.25) is 4.79 Å². The standard InChI is InChI=1S/C15H19F3N2O3/c1-9(13(21)22)8-20(3)14(23)19-10(2)11-5-4-6-12(7-11)15(16,17)18/h4-7,9-10H,8H2,1-3H3,(H,19,23)(H,21,22). The lowest BCUT2D eigenvalue weighted by atomic mass is 10.1. The summed E-state index contributed by atoms with van der Waals surface area (Å²) in [7, 11) is 1.42. The van der Waals surface area contributed by atoms with Crippen LogP contribution in [-0.2, 0) is 11.0 Å². The van der Waals surface area contributed by atoms with E-state index in [1.54, 1.807) is 6.92 Å². The number of carbonyl (C=O) groups excluding carboxylic acids is 1. The Morgan fingerprint density at radius 3 is 2.43 bits per heavy atom. The lowest BCUT2D eigenvalue weighted by Gasteiger charge is -2.23. The second-order valence-electron chi connectivity index (χ2n) is 5.41. The fourth-order valence-electron chi connectivity index (χ4n) is 1.93. The van der Waals surface area contributed by atoms with Crippen LogP contribution in [0.1, 0.15) is 31.0 Å². The van der Waals surface area contributed by atoms with Gasteiger partial charge in [0.2, 0.25) is 0 Å². The number of benzene rings is 1. The van der Waals surface area contributed by atoms with Crippen LogP contribution >= 0.6 is 0 Å². The van der Waals surface area contributed by atoms with Crippen LogP contribution in [0.3, 0.4) is 0 Å². The Balaban J connectivity index is 2.74. The minimum atomic E-state index is -4.45. The van der Waals surface area contributed by atoms with Gasteiger partial charge in [-0.2, -0.15) is 13.2 Å². The summed E-state index contributed by atoms with van der Waals surface area (Å²) in [5, 5.41) is 11.4. The van der Waals surface area contributed by atoms with Gasteiger partial charge in [-0.25, -0.2) is 4.79 Å². The molecule has 0 bridgehead atoms. The first kappa shape index (κ1) is 18.8. The Morgan fingerprint density at radius 1 is 1.30 bits per heavy atom. The Labute approximate surface area is 132 Å². The number of halogens is 3. The highest BCUT2D eigenvalue weighted by atomic mass is 19.4. The number of carboxylic acids is 1. The normalized spacial score (nSPS) is 14.0. The van der Waals surface area contributed by atoms with Crippen LogP contribution in [0.5, 0.6) is 0 Å². The number of amides is 2. The molecule has 2 atom stereocenters. The van der Waals surface area contributed by atoms with Crippen LogP contribution in [0.2, 0.25) is 0 Å². The molecule has 0 saturated carbocycles. The Morgan fingerprint density at radius 2 is 1.91 bits per heavy atom. The first-order chi connectivity index (χ1) is 10.5. The number of rotatable bonds is 5. The van der Waals surface area contributed by atoms with E-state index in [4.69, 9.17) is 5.11 Å². The van der Waals surface area contributed by atoms with Gasteiger partial charge >= 0.3 is 18.2 Å². The zero-order valence-electron chi connectivity index (χ0n) is 13.0. The molecule has 1 aromatic carbocycles. The highest BCUT2D eigenvalue weighted by Crippen LogP contribution is 2.30. The van der Waals surface area contributed by atoms with E-state index in [1.807, 2.05) is 0 Å². The molecule has 0 heterocycles. The van der Waals surface area contributed by atoms with Crippen molar-refractivity contribution in [2.45, 2.75) is 26.1 Å². The van der Waals surface area contributed by atoms with Crippen molar-refractivity contribution in [3.05, 3.63) is 35.4 Å². The Hall–Kier alpha value is -2.25. The first-order valence-corrected chi connectivity index (χ1v) is 6.94. The van der Waals surface area contributed by atoms with E-state index in [1.165, 1.54) is 31.0 Å². The largest absolute Gasteiger partial charge is 0.481 e. The molecule has 0 aliphatic rings. The first-order valence-electron chi connectivity index (χ1n) is 6.94. The van der Waals surface area contributed by atoms with Crippen LogP contribution in [0.25, 0.3) is 0 Å². The summed E-state index contributed by atoms with van der Waals surface area (Å²) in [6.45, 7) is 3.01. The number of aliphatic carboxylic acids is 1. The highest BCUT2D eigenvalue weighted by molar-refractivity contribution is 5.76. The molecule has 0 saturated heterocycles. The third-order valence-electron chi connectivity index (χ3n) is 3.37. The number of alkyl halides is 3. The molecule has 0 aliphatic heterocycles. The molecule has 2 unspecified atom stereocenters. The number of nitrogens with one attached hydrogen (secondary N) is 1. The van der Waals surface area contributed by atoms with Gasteiger partial charge in [0.25, 0.3) is 0 Å². The van der Waals surface area contributed by atoms with Crippen LogP contribution in [0, 0.1) is 5.92 Å². The molecule has 0 spiro atoms. The molecular weight excluding hydrogens is 313 g/mol. The fraction of sp³-hybridized carbons (Fsp3) is 0.467. The van der Waals surface area contributed by atoms with Crippen molar-refractivity contribution >= 4 is 12.0 Å². The third-order valence-corrected chi connectivity index (χ3v) is 3.37. The van der Waals surface area contributed by atoms with Gasteiger partial charge in [0.15, 0.2) is 0 Å². The van der Waals surface area contributed by atoms with Gasteiger partial charge < -0.3 is 15.3 Å². The van der Waals surface area contributed by atoms with E-state index >= 15 is 0 Å². The number of nitrogens with zero attached hydrogens (tertiary/aromatic N) is 1. The van der Waals surface area contributed by atoms with Crippen molar-refractivity contribution in [2.24, 2.45) is 5.92 Å². The van der Waals surface area contributed by atoms with E-state index in [2.05, 4.69) is 5.32 Å². The van der Waals surface area contributed by atoms with Gasteiger partial charge in [-0.15, -0.1) is 0 Å². The summed E-state index contributed by atoms with van der Waals surface area (Å²) < 4.78 is 38.1. The molecule has 23 heavy (non-hydrogen) atoms. The molecule has 0 radical (unpaired) electrons. The third kappa shape index (κ3) is 5.46. The molecule has 1 aromatic rings. The maximum absolute atomic E-state index is 12.7. The lowest BCUT2D eigenvalue weighted by Crippen LogP contribution is -2.41. The predicted octanol–water partition coefficient (Wildman–Crippen LogP) is 3.13. The SMILES string of the molecule is CC(CN(C)C(=O)NC(C)c1cccc(C(F)(F)F)c1)C(=O)O. The van der Waals surface area contributed by atoms with Crippen molar-refractivity contribution in [3.63, 3.8) is 0 Å². The quantitative estimate of drug-likeness (QED) is 0.870. The van der Waals surface area contributed by atoms with E-state index in [0.717, 1.165) is 12.1 Å². The minimum Gasteiger partial charge on any atom is -0.481 e. The smallest absolute Gasteiger partial charge is 0.416 e. The van der Waals surface area contributed by atoms with Crippen LogP contribution in [0.15, 0.2) is 24.3 Å². The molecule has 5 nitrogen and oxygen atoms in total. The van der Waals surface area contributed by atoms with E-state index in [9.17, 15) is 22.8 Å². The van der Waals surface area contributed by atoms with Crippen LogP contribution < -0.4 is 5.32 Å². The highest BCUT2D eigenvalue weighted by Gasteiger charge is 2.30. The molecule has 0 aliphatic carbocycles. The zero-order chi connectivity index (χ0) is 17.8. The van der Waals surface area contributed by atoms with Gasteiger partial charge in [0, 0.05) is 13.6 Å². The van der Waals surface area contributed by atoms with Crippen molar-refractivity contribution in [3.8, 4) is 0 Å². The van der Waals surface area contributed by atoms with Crippen LogP contribution in [-0.4, -0.2) is 35.6 Å². The monoisotopic (exact) mass is 332 g/mol. The van der Waals surface area contributed by atoms with Crippen molar-refractivity contribution < 1.29 is 27.9 Å². The molecule has 8 heteroatoms. The summed E-state index contributed by atoms with van der Waals surface area (Å²) in [4.78, 5) is 23.9. The number of carboxylic acid groups (broad SMARTS) is 1. The summed E-state index contributed by atoms with van der Waals surface area (Å²) in [6.07, 6.45) is -4.45. The average Bonchev–Trinajstić information content (AvgIpc) is 2.46. The summed E-state index contributed by atoms with van der Waals surface area (Å²) in [5.74, 6) is -1.77. The number of carbonyl (C=O) groups is 2. The average molecular weight is 332 g/mol. The summed E-state index contributed by atoms with van der Waals surface area (Å²) in [5.41, 5.74) is -0.475. The van der Waals surface area contributed by atoms with E-state index < -0.39 is 35.7 Å². The van der Waals surface area contributed by atoms with Gasteiger partial charge in [-0.05, 0) is 24.6 Å². The Bertz CT molecular complexity index is 575. The molecule has 0 fully saturated rings. The molecular formula is C15H19F3N2O3. The van der Waals surface area contributed by atoms with E-state index in [-0.39, 0.29) is 6.54 Å². The lowest BCUT2D eigenvalue weighted by molar-refractivity contribution is -0.141. The number of hydrogen-bond acceptors (Lipinski definition) is 2. The molecule has 2 N–H and O–H groups in total. The second-order valence-corrected chi connectivity index (χ2v) is 5.41. The topological polar surface area (TPSA) is 69.6 Å². The Kier molecular flexibility index (Phi) is 6.00. The number of hydrogen-bond donors (Lipinski definition) is 2. The van der Waals surface area contributed by atoms with Crippen molar-refractivity contribution in [1.29, 1.82) is 0 Å². The van der Waals surface area contributed by atoms with Crippen LogP contribution in [0.4, 0.5) is 18.0 Å². The predicted molar refractivity (Wildman–Crippen MR) is 77.8 cm³/mol. The van der Waals surface area contributed by atoms with Gasteiger partial charge in [0.05, 0.1) is 17.5 Å².